The quantitative estimate of drug-likeness (QED) is 0.700. The minimum absolute atomic E-state index is 0.196. The molecule has 0 aromatic carbocycles. The lowest BCUT2D eigenvalue weighted by atomic mass is 10.2. The molecule has 0 bridgehead atoms. The third-order valence-corrected chi connectivity index (χ3v) is 4.00. The zero-order valence-electron chi connectivity index (χ0n) is 8.16. The molecule has 1 aliphatic carbocycles. The molecule has 74 valence electrons. The van der Waals surface area contributed by atoms with Crippen molar-refractivity contribution in [3.05, 3.63) is 23.1 Å². The molecule has 0 heterocycles. The van der Waals surface area contributed by atoms with Gasteiger partial charge in [0.25, 0.3) is 0 Å². The molecule has 0 atom stereocenters. The maximum Gasteiger partial charge on any atom is 0.178 e. The highest BCUT2D eigenvalue weighted by Crippen LogP contribution is 2.18. The van der Waals surface area contributed by atoms with E-state index in [2.05, 4.69) is 0 Å². The van der Waals surface area contributed by atoms with Crippen LogP contribution in [0.2, 0.25) is 0 Å². The summed E-state index contributed by atoms with van der Waals surface area (Å²) in [6, 6.07) is 0. The molecule has 13 heavy (non-hydrogen) atoms. The summed E-state index contributed by atoms with van der Waals surface area (Å²) in [5.41, 5.74) is 0. The minimum atomic E-state index is -3.01. The zero-order chi connectivity index (χ0) is 9.90. The summed E-state index contributed by atoms with van der Waals surface area (Å²) < 4.78 is 23.4. The summed E-state index contributed by atoms with van der Waals surface area (Å²) in [6.07, 6.45) is 7.27. The van der Waals surface area contributed by atoms with Crippen molar-refractivity contribution in [2.24, 2.45) is 5.92 Å². The molecule has 0 radical (unpaired) electrons. The van der Waals surface area contributed by atoms with Gasteiger partial charge in [-0.1, -0.05) is 26.0 Å². The van der Waals surface area contributed by atoms with Gasteiger partial charge in [-0.15, -0.1) is 0 Å². The first-order valence-electron chi connectivity index (χ1n) is 4.62. The van der Waals surface area contributed by atoms with E-state index in [0.717, 1.165) is 12.8 Å². The predicted octanol–water partition coefficient (Wildman–Crippen LogP) is 2.29. The molecule has 0 spiro atoms. The standard InChI is InChI=1S/C10H16O2S/c1-9(2)8-13(11,12)10-6-4-3-5-7-10/h4,6-7,9H,3,5,8H2,1-2H3. The summed E-state index contributed by atoms with van der Waals surface area (Å²) in [4.78, 5) is 0.507. The molecular formula is C10H16O2S. The van der Waals surface area contributed by atoms with Crippen molar-refractivity contribution in [1.29, 1.82) is 0 Å². The third-order valence-electron chi connectivity index (χ3n) is 1.87. The van der Waals surface area contributed by atoms with Crippen LogP contribution >= 0.6 is 0 Å². The second kappa shape index (κ2) is 4.09. The van der Waals surface area contributed by atoms with E-state index in [1.807, 2.05) is 26.0 Å². The van der Waals surface area contributed by atoms with Crippen LogP contribution in [0.25, 0.3) is 0 Å². The van der Waals surface area contributed by atoms with Crippen molar-refractivity contribution < 1.29 is 8.42 Å². The summed E-state index contributed by atoms with van der Waals surface area (Å²) in [5.74, 6) is 0.449. The average molecular weight is 200 g/mol. The molecule has 0 N–H and O–H groups in total. The van der Waals surface area contributed by atoms with E-state index in [-0.39, 0.29) is 11.7 Å². The molecule has 0 fully saturated rings. The number of hydrogen-bond donors (Lipinski definition) is 0. The van der Waals surface area contributed by atoms with Crippen molar-refractivity contribution in [2.75, 3.05) is 5.75 Å². The molecule has 0 aromatic heterocycles. The smallest absolute Gasteiger partial charge is 0.178 e. The Hall–Kier alpha value is -0.570. The van der Waals surface area contributed by atoms with Crippen LogP contribution in [-0.2, 0) is 9.84 Å². The van der Waals surface area contributed by atoms with E-state index in [9.17, 15) is 8.42 Å². The highest BCUT2D eigenvalue weighted by Gasteiger charge is 2.17. The van der Waals surface area contributed by atoms with Gasteiger partial charge in [-0.3, -0.25) is 0 Å². The van der Waals surface area contributed by atoms with Gasteiger partial charge >= 0.3 is 0 Å². The molecule has 3 heteroatoms. The second-order valence-corrected chi connectivity index (χ2v) is 5.80. The number of rotatable bonds is 3. The Morgan fingerprint density at radius 3 is 2.54 bits per heavy atom. The van der Waals surface area contributed by atoms with E-state index in [1.54, 1.807) is 6.08 Å². The summed E-state index contributed by atoms with van der Waals surface area (Å²) >= 11 is 0. The van der Waals surface area contributed by atoms with E-state index >= 15 is 0 Å². The lowest BCUT2D eigenvalue weighted by Crippen LogP contribution is -2.13. The van der Waals surface area contributed by atoms with Crippen molar-refractivity contribution in [2.45, 2.75) is 26.7 Å². The van der Waals surface area contributed by atoms with Crippen molar-refractivity contribution in [3.8, 4) is 0 Å². The Balaban J connectivity index is 2.81. The van der Waals surface area contributed by atoms with E-state index < -0.39 is 9.84 Å². The van der Waals surface area contributed by atoms with Crippen LogP contribution < -0.4 is 0 Å². The van der Waals surface area contributed by atoms with E-state index in [4.69, 9.17) is 0 Å². The highest BCUT2D eigenvalue weighted by atomic mass is 32.2. The van der Waals surface area contributed by atoms with Gasteiger partial charge in [0.2, 0.25) is 0 Å². The molecule has 2 nitrogen and oxygen atoms in total. The van der Waals surface area contributed by atoms with Gasteiger partial charge in [-0.05, 0) is 24.8 Å². The summed E-state index contributed by atoms with van der Waals surface area (Å²) in [7, 11) is -3.01. The van der Waals surface area contributed by atoms with Gasteiger partial charge in [-0.25, -0.2) is 8.42 Å². The molecule has 0 unspecified atom stereocenters. The SMILES string of the molecule is CC(C)CS(=O)(=O)C1=CCCC=C1. The molecule has 1 rings (SSSR count). The van der Waals surface area contributed by atoms with Crippen LogP contribution in [0.4, 0.5) is 0 Å². The molecule has 0 aromatic rings. The molecule has 1 aliphatic rings. The Kier molecular flexibility index (Phi) is 3.31. The molecule has 0 saturated carbocycles. The lowest BCUT2D eigenvalue weighted by molar-refractivity contribution is 0.589. The Bertz CT molecular complexity index is 321. The monoisotopic (exact) mass is 200 g/mol. The van der Waals surface area contributed by atoms with Crippen molar-refractivity contribution >= 4 is 9.84 Å². The fourth-order valence-corrected chi connectivity index (χ4v) is 3.10. The Morgan fingerprint density at radius 2 is 2.08 bits per heavy atom. The highest BCUT2D eigenvalue weighted by molar-refractivity contribution is 7.95. The molecular weight excluding hydrogens is 184 g/mol. The van der Waals surface area contributed by atoms with Gasteiger partial charge in [0.1, 0.15) is 0 Å². The largest absolute Gasteiger partial charge is 0.224 e. The van der Waals surface area contributed by atoms with Gasteiger partial charge < -0.3 is 0 Å². The van der Waals surface area contributed by atoms with Crippen LogP contribution in [0, 0.1) is 5.92 Å². The summed E-state index contributed by atoms with van der Waals surface area (Å²) in [5, 5.41) is 0. The van der Waals surface area contributed by atoms with Crippen LogP contribution in [-0.4, -0.2) is 14.2 Å². The normalized spacial score (nSPS) is 17.6. The number of hydrogen-bond acceptors (Lipinski definition) is 2. The Labute approximate surface area is 80.3 Å². The first kappa shape index (κ1) is 10.5. The van der Waals surface area contributed by atoms with Crippen LogP contribution in [0.1, 0.15) is 26.7 Å². The first-order valence-corrected chi connectivity index (χ1v) is 6.27. The van der Waals surface area contributed by atoms with Gasteiger partial charge in [-0.2, -0.15) is 0 Å². The fourth-order valence-electron chi connectivity index (χ4n) is 1.36. The molecule has 0 aliphatic heterocycles. The van der Waals surface area contributed by atoms with Gasteiger partial charge in [0.15, 0.2) is 9.84 Å². The third kappa shape index (κ3) is 2.99. The van der Waals surface area contributed by atoms with Gasteiger partial charge in [0.05, 0.1) is 10.7 Å². The topological polar surface area (TPSA) is 34.1 Å². The zero-order valence-corrected chi connectivity index (χ0v) is 8.97. The van der Waals surface area contributed by atoms with Crippen molar-refractivity contribution in [1.82, 2.24) is 0 Å². The Morgan fingerprint density at radius 1 is 1.38 bits per heavy atom. The van der Waals surface area contributed by atoms with E-state index in [1.165, 1.54) is 0 Å². The predicted molar refractivity (Wildman–Crippen MR) is 55.1 cm³/mol. The minimum Gasteiger partial charge on any atom is -0.224 e. The average Bonchev–Trinajstić information content (AvgIpc) is 2.04. The maximum atomic E-state index is 11.7. The molecule has 0 saturated heterocycles. The lowest BCUT2D eigenvalue weighted by Gasteiger charge is -2.10. The molecule has 0 amide bonds. The number of sulfone groups is 1. The number of allylic oxidation sites excluding steroid dienone is 3. The maximum absolute atomic E-state index is 11.7. The second-order valence-electron chi connectivity index (χ2n) is 3.76. The summed E-state index contributed by atoms with van der Waals surface area (Å²) in [6.45, 7) is 3.84. The first-order chi connectivity index (χ1) is 6.02. The van der Waals surface area contributed by atoms with E-state index in [0.29, 0.717) is 4.91 Å². The van der Waals surface area contributed by atoms with Crippen molar-refractivity contribution in [3.63, 3.8) is 0 Å². The van der Waals surface area contributed by atoms with Gasteiger partial charge in [0, 0.05) is 0 Å². The van der Waals surface area contributed by atoms with Crippen LogP contribution in [0.3, 0.4) is 0 Å². The van der Waals surface area contributed by atoms with Crippen LogP contribution in [0.15, 0.2) is 23.1 Å². The van der Waals surface area contributed by atoms with Crippen LogP contribution in [0.5, 0.6) is 0 Å². The fraction of sp³-hybridized carbons (Fsp3) is 0.600.